The van der Waals surface area contributed by atoms with Gasteiger partial charge in [0.25, 0.3) is 5.91 Å². The topological polar surface area (TPSA) is 192 Å². The monoisotopic (exact) mass is 436 g/mol. The minimum absolute atomic E-state index is 0.0368. The molecule has 1 saturated heterocycles. The predicted molar refractivity (Wildman–Crippen MR) is 106 cm³/mol. The summed E-state index contributed by atoms with van der Waals surface area (Å²) in [6, 6.07) is 6.92. The molecule has 0 bridgehead atoms. The molecule has 9 N–H and O–H groups in total. The van der Waals surface area contributed by atoms with Crippen molar-refractivity contribution in [2.45, 2.75) is 24.0 Å². The van der Waals surface area contributed by atoms with Crippen molar-refractivity contribution in [2.75, 3.05) is 19.7 Å². The Morgan fingerprint density at radius 1 is 1.03 bits per heavy atom. The van der Waals surface area contributed by atoms with E-state index in [1.807, 2.05) is 0 Å². The Morgan fingerprint density at radius 3 is 2.16 bits per heavy atom. The molecule has 1 fully saturated rings. The number of nitrogens with one attached hydrogen (secondary N) is 2. The summed E-state index contributed by atoms with van der Waals surface area (Å²) < 4.78 is 5.39. The van der Waals surface area contributed by atoms with Crippen LogP contribution in [0, 0.1) is 0 Å². The van der Waals surface area contributed by atoms with Gasteiger partial charge in [-0.05, 0) is 24.3 Å². The van der Waals surface area contributed by atoms with Gasteiger partial charge in [-0.2, -0.15) is 0 Å². The molecule has 0 aromatic heterocycles. The van der Waals surface area contributed by atoms with Gasteiger partial charge in [-0.15, -0.1) is 0 Å². The minimum atomic E-state index is -1.81. The third-order valence-electron chi connectivity index (χ3n) is 4.92. The van der Waals surface area contributed by atoms with Crippen LogP contribution in [0.5, 0.6) is 23.0 Å². The van der Waals surface area contributed by atoms with Crippen molar-refractivity contribution in [3.8, 4) is 23.0 Å². The van der Waals surface area contributed by atoms with E-state index in [0.29, 0.717) is 0 Å². The number of carbonyl (C=O) groups is 1. The van der Waals surface area contributed by atoms with Crippen LogP contribution in [0.2, 0.25) is 0 Å². The summed E-state index contributed by atoms with van der Waals surface area (Å²) in [5.41, 5.74) is -1.66. The van der Waals surface area contributed by atoms with Crippen LogP contribution in [-0.4, -0.2) is 79.2 Å². The second kappa shape index (κ2) is 8.96. The van der Waals surface area contributed by atoms with Gasteiger partial charge in [0, 0.05) is 29.8 Å². The number of hydrogen-bond acceptors (Lipinski definition) is 10. The first-order valence-electron chi connectivity index (χ1n) is 9.35. The van der Waals surface area contributed by atoms with Crippen molar-refractivity contribution < 1.29 is 45.3 Å². The SMILES string of the molecule is O=C(NC[C@]1(O)CO[C@H](CNC(O)c2cc(O)cc(O)c2)[C@H]1O)c1cc(O)cc(O)c1. The largest absolute Gasteiger partial charge is 0.508 e. The van der Waals surface area contributed by atoms with Gasteiger partial charge in [-0.1, -0.05) is 0 Å². The Kier molecular flexibility index (Phi) is 6.53. The first kappa shape index (κ1) is 22.6. The summed E-state index contributed by atoms with van der Waals surface area (Å²) in [6.45, 7) is -0.757. The number of phenols is 4. The molecule has 31 heavy (non-hydrogen) atoms. The molecule has 1 amide bonds. The smallest absolute Gasteiger partial charge is 0.251 e. The summed E-state index contributed by atoms with van der Waals surface area (Å²) in [4.78, 5) is 12.2. The lowest BCUT2D eigenvalue weighted by atomic mass is 9.96. The van der Waals surface area contributed by atoms with E-state index >= 15 is 0 Å². The number of aliphatic hydroxyl groups excluding tert-OH is 2. The maximum Gasteiger partial charge on any atom is 0.251 e. The number of phenolic OH excluding ortho intramolecular Hbond substituents is 4. The highest BCUT2D eigenvalue weighted by molar-refractivity contribution is 5.95. The van der Waals surface area contributed by atoms with E-state index in [4.69, 9.17) is 4.74 Å². The molecule has 1 aliphatic rings. The fourth-order valence-corrected chi connectivity index (χ4v) is 3.28. The molecule has 0 radical (unpaired) electrons. The standard InChI is InChI=1S/C20H24N2O9/c23-12-1-10(2-13(24)5-12)18(28)21-7-16-17(27)20(30,9-31-16)8-22-19(29)11-3-14(25)6-15(26)4-11/h1-6,16-18,21,23-28,30H,7-9H2,(H,22,29)/t16-,17-,18?,20+/m1/s1. The molecule has 0 saturated carbocycles. The number of aliphatic hydroxyl groups is 3. The fraction of sp³-hybridized carbons (Fsp3) is 0.350. The highest BCUT2D eigenvalue weighted by Gasteiger charge is 2.48. The second-order valence-electron chi connectivity index (χ2n) is 7.41. The summed E-state index contributed by atoms with van der Waals surface area (Å²) in [6.07, 6.45) is -3.63. The molecule has 1 aliphatic heterocycles. The van der Waals surface area contributed by atoms with Crippen LogP contribution in [0.4, 0.5) is 0 Å². The molecular formula is C20H24N2O9. The van der Waals surface area contributed by atoms with E-state index in [0.717, 1.165) is 24.3 Å². The van der Waals surface area contributed by atoms with Crippen LogP contribution in [-0.2, 0) is 4.74 Å². The van der Waals surface area contributed by atoms with Crippen molar-refractivity contribution in [1.29, 1.82) is 0 Å². The van der Waals surface area contributed by atoms with Crippen molar-refractivity contribution in [3.63, 3.8) is 0 Å². The lowest BCUT2D eigenvalue weighted by Crippen LogP contribution is -2.53. The van der Waals surface area contributed by atoms with Gasteiger partial charge in [0.2, 0.25) is 0 Å². The molecule has 11 heteroatoms. The van der Waals surface area contributed by atoms with E-state index in [-0.39, 0.29) is 53.8 Å². The van der Waals surface area contributed by atoms with Gasteiger partial charge < -0.3 is 45.8 Å². The number of benzene rings is 2. The van der Waals surface area contributed by atoms with Gasteiger partial charge in [0.05, 0.1) is 19.3 Å². The third kappa shape index (κ3) is 5.34. The summed E-state index contributed by atoms with van der Waals surface area (Å²) in [5.74, 6) is -1.78. The molecular weight excluding hydrogens is 412 g/mol. The normalized spacial score (nSPS) is 24.1. The van der Waals surface area contributed by atoms with E-state index in [9.17, 15) is 40.5 Å². The maximum absolute atomic E-state index is 12.2. The minimum Gasteiger partial charge on any atom is -0.508 e. The number of hydrogen-bond donors (Lipinski definition) is 9. The zero-order valence-electron chi connectivity index (χ0n) is 16.3. The first-order valence-corrected chi connectivity index (χ1v) is 9.35. The molecule has 4 atom stereocenters. The molecule has 11 nitrogen and oxygen atoms in total. The average Bonchev–Trinajstić information content (AvgIpc) is 2.97. The average molecular weight is 436 g/mol. The van der Waals surface area contributed by atoms with E-state index in [1.54, 1.807) is 0 Å². The summed E-state index contributed by atoms with van der Waals surface area (Å²) in [7, 11) is 0. The zero-order valence-corrected chi connectivity index (χ0v) is 16.3. The van der Waals surface area contributed by atoms with Gasteiger partial charge in [0.15, 0.2) is 0 Å². The van der Waals surface area contributed by atoms with Crippen LogP contribution < -0.4 is 10.6 Å². The van der Waals surface area contributed by atoms with E-state index < -0.39 is 29.9 Å². The first-order chi connectivity index (χ1) is 14.6. The van der Waals surface area contributed by atoms with Gasteiger partial charge >= 0.3 is 0 Å². The Bertz CT molecular complexity index is 914. The molecule has 1 unspecified atom stereocenters. The Balaban J connectivity index is 1.55. The van der Waals surface area contributed by atoms with Crippen LogP contribution in [0.3, 0.4) is 0 Å². The van der Waals surface area contributed by atoms with Crippen molar-refractivity contribution in [1.82, 2.24) is 10.6 Å². The molecule has 1 heterocycles. The fourth-order valence-electron chi connectivity index (χ4n) is 3.28. The number of aromatic hydroxyl groups is 4. The molecule has 2 aromatic carbocycles. The summed E-state index contributed by atoms with van der Waals surface area (Å²) in [5, 5.41) is 74.2. The van der Waals surface area contributed by atoms with Crippen molar-refractivity contribution in [2.24, 2.45) is 0 Å². The van der Waals surface area contributed by atoms with Crippen molar-refractivity contribution in [3.05, 3.63) is 47.5 Å². The molecule has 0 aliphatic carbocycles. The van der Waals surface area contributed by atoms with Crippen LogP contribution in [0.1, 0.15) is 22.1 Å². The van der Waals surface area contributed by atoms with Gasteiger partial charge in [0.1, 0.15) is 40.9 Å². The third-order valence-corrected chi connectivity index (χ3v) is 4.92. The Hall–Kier alpha value is -3.09. The Morgan fingerprint density at radius 2 is 1.58 bits per heavy atom. The number of rotatable bonds is 7. The molecule has 168 valence electrons. The number of amides is 1. The molecule has 3 rings (SSSR count). The lowest BCUT2D eigenvalue weighted by molar-refractivity contribution is -0.0477. The van der Waals surface area contributed by atoms with Crippen molar-refractivity contribution >= 4 is 5.91 Å². The maximum atomic E-state index is 12.2. The zero-order chi connectivity index (χ0) is 22.8. The second-order valence-corrected chi connectivity index (χ2v) is 7.41. The van der Waals surface area contributed by atoms with Crippen LogP contribution in [0.25, 0.3) is 0 Å². The lowest BCUT2D eigenvalue weighted by Gasteiger charge is -2.27. The molecule has 2 aromatic rings. The Labute approximate surface area is 176 Å². The number of ether oxygens (including phenoxy) is 1. The predicted octanol–water partition coefficient (Wildman–Crippen LogP) is -0.990. The highest BCUT2D eigenvalue weighted by Crippen LogP contribution is 2.27. The quantitative estimate of drug-likeness (QED) is 0.243. The van der Waals surface area contributed by atoms with Gasteiger partial charge in [-0.3, -0.25) is 10.1 Å². The summed E-state index contributed by atoms with van der Waals surface area (Å²) >= 11 is 0. The number of carbonyl (C=O) groups excluding carboxylic acids is 1. The van der Waals surface area contributed by atoms with E-state index in [2.05, 4.69) is 10.6 Å². The van der Waals surface area contributed by atoms with Gasteiger partial charge in [-0.25, -0.2) is 0 Å². The highest BCUT2D eigenvalue weighted by atomic mass is 16.5. The van der Waals surface area contributed by atoms with E-state index in [1.165, 1.54) is 12.1 Å². The van der Waals surface area contributed by atoms with Crippen LogP contribution >= 0.6 is 0 Å². The molecule has 0 spiro atoms. The van der Waals surface area contributed by atoms with Crippen LogP contribution in [0.15, 0.2) is 36.4 Å².